The molecule has 0 unspecified atom stereocenters. The molecule has 0 radical (unpaired) electrons. The first-order valence-corrected chi connectivity index (χ1v) is 12.6. The van der Waals surface area contributed by atoms with Gasteiger partial charge in [0.05, 0.1) is 20.8 Å². The SMILES string of the molecule is Cc1ccccc1-n1c(=O)/c(=C/c2cn(-c3ccccc3)nc2-c2cccs2)s/c1=C(/C#N)C(N)=O. The highest BCUT2D eigenvalue weighted by Crippen LogP contribution is 2.28. The number of nitriles is 1. The molecule has 5 rings (SSSR count). The van der Waals surface area contributed by atoms with Crippen molar-refractivity contribution >= 4 is 40.2 Å². The first-order valence-electron chi connectivity index (χ1n) is 10.9. The van der Waals surface area contributed by atoms with Crippen LogP contribution in [0, 0.1) is 18.3 Å². The van der Waals surface area contributed by atoms with Gasteiger partial charge in [-0.05, 0) is 48.2 Å². The third-order valence-corrected chi connectivity index (χ3v) is 7.53. The molecule has 176 valence electrons. The van der Waals surface area contributed by atoms with Gasteiger partial charge in [-0.15, -0.1) is 22.7 Å². The number of hydrogen-bond acceptors (Lipinski definition) is 6. The molecule has 7 nitrogen and oxygen atoms in total. The number of rotatable bonds is 5. The molecule has 2 N–H and O–H groups in total. The standard InChI is InChI=1S/C27H19N5O2S2/c1-17-8-5-6-11-21(17)32-26(34)23(36-27(32)20(15-28)25(29)33)14-18-16-31(19-9-3-2-4-10-19)30-24(18)22-12-7-13-35-22/h2-14,16H,1H3,(H2,29,33)/b23-14-,27-20-. The highest BCUT2D eigenvalue weighted by atomic mass is 32.1. The van der Waals surface area contributed by atoms with E-state index in [9.17, 15) is 14.9 Å². The van der Waals surface area contributed by atoms with Gasteiger partial charge in [0.1, 0.15) is 16.4 Å². The first kappa shape index (κ1) is 23.2. The van der Waals surface area contributed by atoms with Crippen LogP contribution in [0.2, 0.25) is 0 Å². The smallest absolute Gasteiger partial charge is 0.273 e. The van der Waals surface area contributed by atoms with Gasteiger partial charge >= 0.3 is 0 Å². The van der Waals surface area contributed by atoms with E-state index in [4.69, 9.17) is 10.8 Å². The topological polar surface area (TPSA) is 107 Å². The summed E-state index contributed by atoms with van der Waals surface area (Å²) >= 11 is 2.61. The van der Waals surface area contributed by atoms with Crippen molar-refractivity contribution in [3.8, 4) is 28.0 Å². The fourth-order valence-corrected chi connectivity index (χ4v) is 5.67. The number of aryl methyl sites for hydroxylation is 1. The Hall–Kier alpha value is -4.52. The van der Waals surface area contributed by atoms with Crippen LogP contribution >= 0.6 is 22.7 Å². The van der Waals surface area contributed by atoms with Crippen molar-refractivity contribution in [3.63, 3.8) is 0 Å². The summed E-state index contributed by atoms with van der Waals surface area (Å²) in [5, 5.41) is 16.4. The van der Waals surface area contributed by atoms with E-state index in [1.807, 2.05) is 79.2 Å². The summed E-state index contributed by atoms with van der Waals surface area (Å²) in [4.78, 5) is 26.7. The minimum atomic E-state index is -0.885. The number of aromatic nitrogens is 3. The molecule has 0 bridgehead atoms. The van der Waals surface area contributed by atoms with Crippen LogP contribution < -0.4 is 20.5 Å². The molecule has 0 aliphatic carbocycles. The third kappa shape index (κ3) is 4.20. The van der Waals surface area contributed by atoms with Gasteiger partial charge < -0.3 is 5.73 Å². The van der Waals surface area contributed by atoms with E-state index in [1.54, 1.807) is 34.2 Å². The number of thiazole rings is 1. The molecule has 3 aromatic heterocycles. The molecule has 0 aliphatic heterocycles. The zero-order chi connectivity index (χ0) is 25.2. The fraction of sp³-hybridized carbons (Fsp3) is 0.0370. The number of amides is 1. The van der Waals surface area contributed by atoms with Crippen molar-refractivity contribution in [3.05, 3.63) is 109 Å². The van der Waals surface area contributed by atoms with Gasteiger partial charge in [0.2, 0.25) is 0 Å². The van der Waals surface area contributed by atoms with Crippen molar-refractivity contribution < 1.29 is 4.79 Å². The molecule has 36 heavy (non-hydrogen) atoms. The highest BCUT2D eigenvalue weighted by molar-refractivity contribution is 7.13. The van der Waals surface area contributed by atoms with Gasteiger partial charge in [-0.2, -0.15) is 10.4 Å². The van der Waals surface area contributed by atoms with Crippen LogP contribution in [-0.4, -0.2) is 20.3 Å². The maximum absolute atomic E-state index is 13.7. The van der Waals surface area contributed by atoms with Crippen molar-refractivity contribution in [2.75, 3.05) is 0 Å². The van der Waals surface area contributed by atoms with Crippen molar-refractivity contribution in [2.24, 2.45) is 5.73 Å². The van der Waals surface area contributed by atoms with Crippen molar-refractivity contribution in [1.82, 2.24) is 14.3 Å². The number of para-hydroxylation sites is 2. The molecule has 0 aliphatic rings. The molecule has 0 spiro atoms. The zero-order valence-corrected chi connectivity index (χ0v) is 20.7. The molecule has 0 saturated carbocycles. The Morgan fingerprint density at radius 3 is 2.50 bits per heavy atom. The lowest BCUT2D eigenvalue weighted by molar-refractivity contribution is -0.112. The van der Waals surface area contributed by atoms with Crippen LogP contribution in [0.5, 0.6) is 0 Å². The predicted molar refractivity (Wildman–Crippen MR) is 143 cm³/mol. The number of nitrogens with two attached hydrogens (primary N) is 1. The van der Waals surface area contributed by atoms with E-state index in [-0.39, 0.29) is 15.8 Å². The quantitative estimate of drug-likeness (QED) is 0.393. The second-order valence-corrected chi connectivity index (χ2v) is 9.86. The van der Waals surface area contributed by atoms with Crippen LogP contribution in [0.25, 0.3) is 33.6 Å². The van der Waals surface area contributed by atoms with Crippen LogP contribution in [0.3, 0.4) is 0 Å². The van der Waals surface area contributed by atoms with E-state index >= 15 is 0 Å². The molecule has 5 aromatic rings. The van der Waals surface area contributed by atoms with Crippen LogP contribution in [0.15, 0.2) is 83.1 Å². The Balaban J connectivity index is 1.83. The molecule has 2 aromatic carbocycles. The van der Waals surface area contributed by atoms with E-state index in [2.05, 4.69) is 0 Å². The Kier molecular flexibility index (Phi) is 6.21. The molecule has 0 fully saturated rings. The second kappa shape index (κ2) is 9.62. The van der Waals surface area contributed by atoms with Gasteiger partial charge in [-0.1, -0.05) is 42.5 Å². The number of nitrogens with zero attached hydrogens (tertiary/aromatic N) is 4. The summed E-state index contributed by atoms with van der Waals surface area (Å²) in [6.45, 7) is 1.86. The van der Waals surface area contributed by atoms with Gasteiger partial charge in [0.15, 0.2) is 5.57 Å². The van der Waals surface area contributed by atoms with Crippen molar-refractivity contribution in [2.45, 2.75) is 6.92 Å². The third-order valence-electron chi connectivity index (χ3n) is 5.56. The van der Waals surface area contributed by atoms with Gasteiger partial charge in [-0.3, -0.25) is 14.2 Å². The summed E-state index contributed by atoms with van der Waals surface area (Å²) in [6, 6.07) is 22.8. The van der Waals surface area contributed by atoms with Crippen molar-refractivity contribution in [1.29, 1.82) is 5.26 Å². The Morgan fingerprint density at radius 1 is 1.08 bits per heavy atom. The maximum atomic E-state index is 13.7. The fourth-order valence-electron chi connectivity index (χ4n) is 3.84. The number of hydrogen-bond donors (Lipinski definition) is 1. The average molecular weight is 510 g/mol. The lowest BCUT2D eigenvalue weighted by Crippen LogP contribution is -2.32. The number of benzene rings is 2. The maximum Gasteiger partial charge on any atom is 0.273 e. The first-order chi connectivity index (χ1) is 17.5. The Bertz CT molecular complexity index is 1800. The largest absolute Gasteiger partial charge is 0.365 e. The van der Waals surface area contributed by atoms with E-state index < -0.39 is 5.91 Å². The van der Waals surface area contributed by atoms with Gasteiger partial charge in [-0.25, -0.2) is 4.68 Å². The summed E-state index contributed by atoms with van der Waals surface area (Å²) < 4.78 is 3.71. The van der Waals surface area contributed by atoms with E-state index in [1.165, 1.54) is 4.57 Å². The Morgan fingerprint density at radius 2 is 1.83 bits per heavy atom. The second-order valence-electron chi connectivity index (χ2n) is 7.88. The Labute approximate surface area is 213 Å². The highest BCUT2D eigenvalue weighted by Gasteiger charge is 2.17. The van der Waals surface area contributed by atoms with E-state index in [0.717, 1.165) is 38.7 Å². The summed E-state index contributed by atoms with van der Waals surface area (Å²) in [5.74, 6) is -0.885. The van der Waals surface area contributed by atoms with Crippen LogP contribution in [0.4, 0.5) is 0 Å². The van der Waals surface area contributed by atoms with Crippen LogP contribution in [-0.2, 0) is 4.79 Å². The lowest BCUT2D eigenvalue weighted by atomic mass is 10.2. The molecular formula is C27H19N5O2S2. The minimum Gasteiger partial charge on any atom is -0.365 e. The zero-order valence-electron chi connectivity index (χ0n) is 19.1. The molecule has 0 saturated heterocycles. The predicted octanol–water partition coefficient (Wildman–Crippen LogP) is 3.11. The molecule has 3 heterocycles. The summed E-state index contributed by atoms with van der Waals surface area (Å²) in [5.41, 5.74) is 8.65. The number of carbonyl (C=O) groups excluding carboxylic acids is 1. The monoisotopic (exact) mass is 509 g/mol. The minimum absolute atomic E-state index is 0.198. The average Bonchev–Trinajstić information content (AvgIpc) is 3.61. The molecule has 1 amide bonds. The lowest BCUT2D eigenvalue weighted by Gasteiger charge is -2.06. The van der Waals surface area contributed by atoms with Gasteiger partial charge in [0, 0.05) is 11.8 Å². The summed E-state index contributed by atoms with van der Waals surface area (Å²) in [6.07, 6.45) is 3.62. The van der Waals surface area contributed by atoms with Gasteiger partial charge in [0.25, 0.3) is 11.5 Å². The number of thiophene rings is 1. The molecule has 9 heteroatoms. The summed E-state index contributed by atoms with van der Waals surface area (Å²) in [7, 11) is 0. The normalized spacial score (nSPS) is 12.4. The molecule has 0 atom stereocenters. The number of carbonyl (C=O) groups is 1. The van der Waals surface area contributed by atoms with E-state index in [0.29, 0.717) is 10.2 Å². The molecular weight excluding hydrogens is 490 g/mol. The number of primary amides is 1. The van der Waals surface area contributed by atoms with Crippen LogP contribution in [0.1, 0.15) is 11.1 Å².